The zero-order chi connectivity index (χ0) is 18.6. The van der Waals surface area contributed by atoms with Gasteiger partial charge in [-0.05, 0) is 35.7 Å². The van der Waals surface area contributed by atoms with Gasteiger partial charge < -0.3 is 4.90 Å². The van der Waals surface area contributed by atoms with Crippen LogP contribution in [0.1, 0.15) is 10.4 Å². The Bertz CT molecular complexity index is 831. The first-order valence-electron chi connectivity index (χ1n) is 8.25. The quantitative estimate of drug-likeness (QED) is 0.721. The molecule has 3 rings (SSSR count). The van der Waals surface area contributed by atoms with Crippen LogP contribution >= 0.6 is 27.3 Å². The molecule has 1 aliphatic rings. The Morgan fingerprint density at radius 1 is 1.12 bits per heavy atom. The number of nitrogens with zero attached hydrogens (tertiary/aromatic N) is 2. The molecule has 26 heavy (non-hydrogen) atoms. The van der Waals surface area contributed by atoms with Crippen LogP contribution in [0, 0.1) is 0 Å². The van der Waals surface area contributed by atoms with Crippen molar-refractivity contribution in [3.8, 4) is 0 Å². The number of nitrogens with one attached hydrogen (secondary N) is 1. The summed E-state index contributed by atoms with van der Waals surface area (Å²) in [7, 11) is -3.49. The molecule has 6 nitrogen and oxygen atoms in total. The predicted octanol–water partition coefficient (Wildman–Crippen LogP) is 2.25. The lowest BCUT2D eigenvalue weighted by atomic mass is 10.2. The second-order valence-corrected chi connectivity index (χ2v) is 9.46. The first kappa shape index (κ1) is 19.5. The number of benzene rings is 1. The van der Waals surface area contributed by atoms with Gasteiger partial charge in [0, 0.05) is 49.1 Å². The standard InChI is InChI=1S/C17H20BrN3O3S2/c18-15-1-3-16(4-2-15)26(23,24)19-6-7-20-8-10-21(11-9-20)17(22)14-5-12-25-13-14/h1-5,12-13,19H,6-11H2. The van der Waals surface area contributed by atoms with Crippen LogP contribution in [0.3, 0.4) is 0 Å². The molecule has 0 spiro atoms. The lowest BCUT2D eigenvalue weighted by molar-refractivity contribution is 0.0640. The van der Waals surface area contributed by atoms with Crippen molar-refractivity contribution in [3.05, 3.63) is 51.1 Å². The average molecular weight is 458 g/mol. The fraction of sp³-hybridized carbons (Fsp3) is 0.353. The van der Waals surface area contributed by atoms with Gasteiger partial charge in [-0.2, -0.15) is 11.3 Å². The Hall–Kier alpha value is -1.26. The summed E-state index contributed by atoms with van der Waals surface area (Å²) in [5.74, 6) is 0.0711. The number of piperazine rings is 1. The monoisotopic (exact) mass is 457 g/mol. The zero-order valence-electron chi connectivity index (χ0n) is 14.1. The number of hydrogen-bond donors (Lipinski definition) is 1. The lowest BCUT2D eigenvalue weighted by Gasteiger charge is -2.34. The Kier molecular flexibility index (Phi) is 6.46. The Labute approximate surface area is 166 Å². The highest BCUT2D eigenvalue weighted by atomic mass is 79.9. The van der Waals surface area contributed by atoms with Crippen LogP contribution in [0.4, 0.5) is 0 Å². The summed E-state index contributed by atoms with van der Waals surface area (Å²) in [6, 6.07) is 8.40. The van der Waals surface area contributed by atoms with Crippen molar-refractivity contribution < 1.29 is 13.2 Å². The fourth-order valence-electron chi connectivity index (χ4n) is 2.78. The summed E-state index contributed by atoms with van der Waals surface area (Å²) >= 11 is 4.81. The van der Waals surface area contributed by atoms with E-state index in [0.29, 0.717) is 26.2 Å². The van der Waals surface area contributed by atoms with Crippen LogP contribution < -0.4 is 4.72 Å². The van der Waals surface area contributed by atoms with Gasteiger partial charge >= 0.3 is 0 Å². The predicted molar refractivity (Wildman–Crippen MR) is 106 cm³/mol. The van der Waals surface area contributed by atoms with Crippen LogP contribution in [0.15, 0.2) is 50.5 Å². The Balaban J connectivity index is 1.44. The highest BCUT2D eigenvalue weighted by Crippen LogP contribution is 2.15. The summed E-state index contributed by atoms with van der Waals surface area (Å²) < 4.78 is 28.0. The molecule has 0 bridgehead atoms. The van der Waals surface area contributed by atoms with Crippen molar-refractivity contribution in [2.45, 2.75) is 4.90 Å². The number of sulfonamides is 1. The van der Waals surface area contributed by atoms with Crippen LogP contribution in [-0.2, 0) is 10.0 Å². The highest BCUT2D eigenvalue weighted by molar-refractivity contribution is 9.10. The molecule has 1 aromatic carbocycles. The van der Waals surface area contributed by atoms with Crippen molar-refractivity contribution in [2.24, 2.45) is 0 Å². The molecule has 2 aromatic rings. The molecule has 0 unspecified atom stereocenters. The van der Waals surface area contributed by atoms with E-state index in [4.69, 9.17) is 0 Å². The van der Waals surface area contributed by atoms with E-state index in [-0.39, 0.29) is 10.8 Å². The highest BCUT2D eigenvalue weighted by Gasteiger charge is 2.22. The van der Waals surface area contributed by atoms with Gasteiger partial charge in [0.2, 0.25) is 10.0 Å². The molecular formula is C17H20BrN3O3S2. The third-order valence-electron chi connectivity index (χ3n) is 4.27. The van der Waals surface area contributed by atoms with E-state index in [1.807, 2.05) is 21.7 Å². The molecule has 140 valence electrons. The van der Waals surface area contributed by atoms with Gasteiger partial charge in [-0.25, -0.2) is 13.1 Å². The number of halogens is 1. The van der Waals surface area contributed by atoms with Crippen LogP contribution in [0.5, 0.6) is 0 Å². The number of hydrogen-bond acceptors (Lipinski definition) is 5. The van der Waals surface area contributed by atoms with Gasteiger partial charge in [-0.3, -0.25) is 9.69 Å². The molecule has 9 heteroatoms. The molecule has 1 aromatic heterocycles. The molecule has 1 saturated heterocycles. The van der Waals surface area contributed by atoms with Crippen LogP contribution in [-0.4, -0.2) is 63.4 Å². The third kappa shape index (κ3) is 4.92. The van der Waals surface area contributed by atoms with Gasteiger partial charge in [-0.1, -0.05) is 15.9 Å². The van der Waals surface area contributed by atoms with Crippen LogP contribution in [0.2, 0.25) is 0 Å². The minimum atomic E-state index is -3.49. The van der Waals surface area contributed by atoms with Gasteiger partial charge in [0.25, 0.3) is 5.91 Å². The smallest absolute Gasteiger partial charge is 0.254 e. The first-order chi connectivity index (χ1) is 12.5. The minimum Gasteiger partial charge on any atom is -0.336 e. The summed E-state index contributed by atoms with van der Waals surface area (Å²) in [5, 5.41) is 3.77. The van der Waals surface area contributed by atoms with E-state index >= 15 is 0 Å². The van der Waals surface area contributed by atoms with E-state index in [2.05, 4.69) is 25.6 Å². The number of rotatable bonds is 6. The number of carbonyl (C=O) groups is 1. The van der Waals surface area contributed by atoms with E-state index in [9.17, 15) is 13.2 Å². The van der Waals surface area contributed by atoms with Crippen molar-refractivity contribution in [3.63, 3.8) is 0 Å². The van der Waals surface area contributed by atoms with Gasteiger partial charge in [-0.15, -0.1) is 0 Å². The summed E-state index contributed by atoms with van der Waals surface area (Å²) in [6.45, 7) is 3.78. The van der Waals surface area contributed by atoms with E-state index in [1.165, 1.54) is 11.3 Å². The number of carbonyl (C=O) groups excluding carboxylic acids is 1. The van der Waals surface area contributed by atoms with Crippen LogP contribution in [0.25, 0.3) is 0 Å². The second-order valence-electron chi connectivity index (χ2n) is 6.00. The maximum Gasteiger partial charge on any atom is 0.254 e. The van der Waals surface area contributed by atoms with Crippen molar-refractivity contribution in [1.82, 2.24) is 14.5 Å². The molecule has 0 atom stereocenters. The SMILES string of the molecule is O=C(c1ccsc1)N1CCN(CCNS(=O)(=O)c2ccc(Br)cc2)CC1. The van der Waals surface area contributed by atoms with E-state index < -0.39 is 10.0 Å². The van der Waals surface area contributed by atoms with Gasteiger partial charge in [0.05, 0.1) is 10.5 Å². The normalized spacial score (nSPS) is 16.0. The molecule has 1 N–H and O–H groups in total. The molecule has 1 aliphatic heterocycles. The topological polar surface area (TPSA) is 69.7 Å². The van der Waals surface area contributed by atoms with Gasteiger partial charge in [0.1, 0.15) is 0 Å². The lowest BCUT2D eigenvalue weighted by Crippen LogP contribution is -2.50. The van der Waals surface area contributed by atoms with Gasteiger partial charge in [0.15, 0.2) is 0 Å². The first-order valence-corrected chi connectivity index (χ1v) is 11.5. The zero-order valence-corrected chi connectivity index (χ0v) is 17.3. The number of amides is 1. The minimum absolute atomic E-state index is 0.0711. The molecular weight excluding hydrogens is 438 g/mol. The molecule has 1 amide bonds. The molecule has 2 heterocycles. The molecule has 0 saturated carbocycles. The fourth-order valence-corrected chi connectivity index (χ4v) is 4.69. The van der Waals surface area contributed by atoms with Crippen molar-refractivity contribution in [1.29, 1.82) is 0 Å². The average Bonchev–Trinajstić information content (AvgIpc) is 3.17. The van der Waals surface area contributed by atoms with Crippen molar-refractivity contribution in [2.75, 3.05) is 39.3 Å². The maximum atomic E-state index is 12.3. The summed E-state index contributed by atoms with van der Waals surface area (Å²) in [4.78, 5) is 16.6. The summed E-state index contributed by atoms with van der Waals surface area (Å²) in [6.07, 6.45) is 0. The molecule has 0 radical (unpaired) electrons. The summed E-state index contributed by atoms with van der Waals surface area (Å²) in [5.41, 5.74) is 0.741. The molecule has 1 fully saturated rings. The van der Waals surface area contributed by atoms with E-state index in [0.717, 1.165) is 23.1 Å². The van der Waals surface area contributed by atoms with E-state index in [1.54, 1.807) is 24.3 Å². The second kappa shape index (κ2) is 8.62. The molecule has 0 aliphatic carbocycles. The largest absolute Gasteiger partial charge is 0.336 e. The Morgan fingerprint density at radius 2 is 1.81 bits per heavy atom. The van der Waals surface area contributed by atoms with Crippen molar-refractivity contribution >= 4 is 43.2 Å². The third-order valence-corrected chi connectivity index (χ3v) is 6.96. The Morgan fingerprint density at radius 3 is 2.42 bits per heavy atom. The number of thiophene rings is 1. The maximum absolute atomic E-state index is 12.3.